The number of fused-ring (bicyclic) bond motifs is 1. The van der Waals surface area contributed by atoms with E-state index in [1.54, 1.807) is 0 Å². The molecule has 0 saturated carbocycles. The summed E-state index contributed by atoms with van der Waals surface area (Å²) in [5.41, 5.74) is 3.30. The Labute approximate surface area is 107 Å². The van der Waals surface area contributed by atoms with E-state index in [0.717, 1.165) is 44.5 Å². The van der Waals surface area contributed by atoms with Crippen molar-refractivity contribution in [1.82, 2.24) is 4.90 Å². The Balaban J connectivity index is 1.83. The minimum atomic E-state index is 0.160. The van der Waals surface area contributed by atoms with Crippen LogP contribution in [0.1, 0.15) is 28.8 Å². The molecule has 1 aromatic carbocycles. The van der Waals surface area contributed by atoms with Crippen LogP contribution in [0.4, 0.5) is 5.69 Å². The van der Waals surface area contributed by atoms with E-state index < -0.39 is 0 Å². The number of hydrogen-bond donors (Lipinski definition) is 1. The van der Waals surface area contributed by atoms with Gasteiger partial charge in [-0.2, -0.15) is 0 Å². The first kappa shape index (κ1) is 11.3. The van der Waals surface area contributed by atoms with E-state index in [1.807, 2.05) is 17.0 Å². The maximum atomic E-state index is 12.4. The molecule has 2 heterocycles. The highest BCUT2D eigenvalue weighted by atomic mass is 16.2. The van der Waals surface area contributed by atoms with Crippen molar-refractivity contribution in [1.29, 1.82) is 0 Å². The highest BCUT2D eigenvalue weighted by molar-refractivity contribution is 5.95. The average molecular weight is 242 g/mol. The zero-order chi connectivity index (χ0) is 12.4. The van der Waals surface area contributed by atoms with Crippen molar-refractivity contribution >= 4 is 11.6 Å². The van der Waals surface area contributed by atoms with Crippen LogP contribution in [0.25, 0.3) is 0 Å². The van der Waals surface area contributed by atoms with Crippen LogP contribution < -0.4 is 5.32 Å². The number of carbonyl (C=O) groups excluding carboxylic acids is 1. The van der Waals surface area contributed by atoms with Gasteiger partial charge in [-0.1, -0.05) is 12.2 Å². The minimum Gasteiger partial charge on any atom is -0.385 e. The van der Waals surface area contributed by atoms with Gasteiger partial charge < -0.3 is 10.2 Å². The summed E-state index contributed by atoms with van der Waals surface area (Å²) in [5, 5.41) is 3.37. The number of aryl methyl sites for hydroxylation is 1. The maximum absolute atomic E-state index is 12.4. The Bertz CT molecular complexity index is 493. The third kappa shape index (κ3) is 2.13. The maximum Gasteiger partial charge on any atom is 0.254 e. The molecular formula is C15H18N2O. The Morgan fingerprint density at radius 1 is 1.28 bits per heavy atom. The Morgan fingerprint density at radius 3 is 3.06 bits per heavy atom. The fourth-order valence-electron chi connectivity index (χ4n) is 2.62. The van der Waals surface area contributed by atoms with Crippen molar-refractivity contribution in [3.05, 3.63) is 41.5 Å². The van der Waals surface area contributed by atoms with E-state index in [-0.39, 0.29) is 5.91 Å². The predicted molar refractivity (Wildman–Crippen MR) is 72.9 cm³/mol. The van der Waals surface area contributed by atoms with E-state index in [1.165, 1.54) is 11.3 Å². The number of nitrogens with zero attached hydrogens (tertiary/aromatic N) is 1. The first-order valence-electron chi connectivity index (χ1n) is 6.66. The molecule has 94 valence electrons. The van der Waals surface area contributed by atoms with Crippen molar-refractivity contribution in [3.63, 3.8) is 0 Å². The molecule has 0 radical (unpaired) electrons. The minimum absolute atomic E-state index is 0.160. The van der Waals surface area contributed by atoms with Crippen LogP contribution in [-0.2, 0) is 6.42 Å². The van der Waals surface area contributed by atoms with Crippen LogP contribution in [0.3, 0.4) is 0 Å². The third-order valence-corrected chi connectivity index (χ3v) is 3.64. The van der Waals surface area contributed by atoms with Crippen molar-refractivity contribution in [3.8, 4) is 0 Å². The molecule has 0 spiro atoms. The van der Waals surface area contributed by atoms with Gasteiger partial charge in [-0.25, -0.2) is 0 Å². The average Bonchev–Trinajstić information content (AvgIpc) is 2.47. The molecule has 0 atom stereocenters. The molecule has 1 N–H and O–H groups in total. The van der Waals surface area contributed by atoms with Crippen molar-refractivity contribution in [2.24, 2.45) is 0 Å². The normalized spacial score (nSPS) is 18.1. The number of benzene rings is 1. The van der Waals surface area contributed by atoms with Crippen LogP contribution in [0.5, 0.6) is 0 Å². The molecule has 3 rings (SSSR count). The third-order valence-electron chi connectivity index (χ3n) is 3.64. The monoisotopic (exact) mass is 242 g/mol. The summed E-state index contributed by atoms with van der Waals surface area (Å²) < 4.78 is 0. The van der Waals surface area contributed by atoms with Crippen LogP contribution in [0.2, 0.25) is 0 Å². The molecule has 2 aliphatic rings. The Hall–Kier alpha value is -1.77. The van der Waals surface area contributed by atoms with Crippen molar-refractivity contribution < 1.29 is 4.79 Å². The number of carbonyl (C=O) groups is 1. The molecule has 0 bridgehead atoms. The van der Waals surface area contributed by atoms with Gasteiger partial charge in [0.1, 0.15) is 0 Å². The predicted octanol–water partition coefficient (Wildman–Crippen LogP) is 2.45. The van der Waals surface area contributed by atoms with Gasteiger partial charge >= 0.3 is 0 Å². The van der Waals surface area contributed by atoms with Gasteiger partial charge in [-0.15, -0.1) is 0 Å². The van der Waals surface area contributed by atoms with Gasteiger partial charge in [0.2, 0.25) is 0 Å². The van der Waals surface area contributed by atoms with Gasteiger partial charge in [-0.3, -0.25) is 4.79 Å². The van der Waals surface area contributed by atoms with E-state index in [9.17, 15) is 4.79 Å². The van der Waals surface area contributed by atoms with Gasteiger partial charge in [0.15, 0.2) is 0 Å². The van der Waals surface area contributed by atoms with Crippen molar-refractivity contribution in [2.75, 3.05) is 25.0 Å². The summed E-state index contributed by atoms with van der Waals surface area (Å²) in [6.07, 6.45) is 7.40. The lowest BCUT2D eigenvalue weighted by Gasteiger charge is -2.24. The molecule has 0 saturated heterocycles. The SMILES string of the molecule is O=C(c1ccc2c(c1)CCCN2)N1CC=CCC1. The molecule has 0 unspecified atom stereocenters. The first-order chi connectivity index (χ1) is 8.84. The molecule has 2 aliphatic heterocycles. The molecule has 0 aliphatic carbocycles. The lowest BCUT2D eigenvalue weighted by atomic mass is 10.00. The second-order valence-electron chi connectivity index (χ2n) is 4.91. The molecule has 0 fully saturated rings. The van der Waals surface area contributed by atoms with Gasteiger partial charge in [-0.05, 0) is 43.0 Å². The lowest BCUT2D eigenvalue weighted by Crippen LogP contribution is -2.33. The van der Waals surface area contributed by atoms with E-state index >= 15 is 0 Å². The van der Waals surface area contributed by atoms with Crippen LogP contribution in [-0.4, -0.2) is 30.4 Å². The fraction of sp³-hybridized carbons (Fsp3) is 0.400. The summed E-state index contributed by atoms with van der Waals surface area (Å²) in [7, 11) is 0. The van der Waals surface area contributed by atoms with Gasteiger partial charge in [0, 0.05) is 30.9 Å². The summed E-state index contributed by atoms with van der Waals surface area (Å²) in [6, 6.07) is 6.04. The van der Waals surface area contributed by atoms with Crippen LogP contribution >= 0.6 is 0 Å². The summed E-state index contributed by atoms with van der Waals surface area (Å²) in [6.45, 7) is 2.62. The lowest BCUT2D eigenvalue weighted by molar-refractivity contribution is 0.0771. The zero-order valence-electron chi connectivity index (χ0n) is 10.5. The van der Waals surface area contributed by atoms with Crippen LogP contribution in [0.15, 0.2) is 30.4 Å². The van der Waals surface area contributed by atoms with E-state index in [2.05, 4.69) is 23.5 Å². The standard InChI is InChI=1S/C15H18N2O/c18-15(17-9-2-1-3-10-17)13-6-7-14-12(11-13)5-4-8-16-14/h1-2,6-7,11,16H,3-5,8-10H2. The molecule has 3 heteroatoms. The number of hydrogen-bond acceptors (Lipinski definition) is 2. The van der Waals surface area contributed by atoms with Crippen LogP contribution in [0, 0.1) is 0 Å². The fourth-order valence-corrected chi connectivity index (χ4v) is 2.62. The summed E-state index contributed by atoms with van der Waals surface area (Å²) in [5.74, 6) is 0.160. The molecular weight excluding hydrogens is 224 g/mol. The highest BCUT2D eigenvalue weighted by Gasteiger charge is 2.18. The van der Waals surface area contributed by atoms with Crippen molar-refractivity contribution in [2.45, 2.75) is 19.3 Å². The molecule has 1 amide bonds. The molecule has 1 aromatic rings. The second-order valence-corrected chi connectivity index (χ2v) is 4.91. The largest absolute Gasteiger partial charge is 0.385 e. The summed E-state index contributed by atoms with van der Waals surface area (Å²) >= 11 is 0. The summed E-state index contributed by atoms with van der Waals surface area (Å²) in [4.78, 5) is 14.3. The number of amides is 1. The molecule has 0 aromatic heterocycles. The van der Waals surface area contributed by atoms with Gasteiger partial charge in [0.05, 0.1) is 0 Å². The highest BCUT2D eigenvalue weighted by Crippen LogP contribution is 2.23. The number of nitrogens with one attached hydrogen (secondary N) is 1. The quantitative estimate of drug-likeness (QED) is 0.767. The Kier molecular flexibility index (Phi) is 3.05. The topological polar surface area (TPSA) is 32.3 Å². The van der Waals surface area contributed by atoms with E-state index in [0.29, 0.717) is 0 Å². The Morgan fingerprint density at radius 2 is 2.22 bits per heavy atom. The van der Waals surface area contributed by atoms with Gasteiger partial charge in [0.25, 0.3) is 5.91 Å². The smallest absolute Gasteiger partial charge is 0.254 e. The molecule has 3 nitrogen and oxygen atoms in total. The number of rotatable bonds is 1. The first-order valence-corrected chi connectivity index (χ1v) is 6.66. The molecule has 18 heavy (non-hydrogen) atoms. The number of anilines is 1. The second kappa shape index (κ2) is 4.84. The van der Waals surface area contributed by atoms with E-state index in [4.69, 9.17) is 0 Å². The zero-order valence-corrected chi connectivity index (χ0v) is 10.5.